The van der Waals surface area contributed by atoms with Crippen molar-refractivity contribution < 1.29 is 9.52 Å². The topological polar surface area (TPSA) is 70.6 Å². The van der Waals surface area contributed by atoms with Gasteiger partial charge in [0.15, 0.2) is 5.58 Å². The lowest BCUT2D eigenvalue weighted by Crippen LogP contribution is -2.43. The molecule has 0 saturated carbocycles. The van der Waals surface area contributed by atoms with Crippen molar-refractivity contribution >= 4 is 16.8 Å². The number of nitrogens with one attached hydrogen (secondary N) is 1. The van der Waals surface area contributed by atoms with Crippen LogP contribution < -0.4 is 16.0 Å². The lowest BCUT2D eigenvalue weighted by atomic mass is 10.2. The summed E-state index contributed by atoms with van der Waals surface area (Å²) in [5.74, 6) is -0.264. The Kier molecular flexibility index (Phi) is 2.52. The van der Waals surface area contributed by atoms with Crippen molar-refractivity contribution in [1.29, 1.82) is 0 Å². The van der Waals surface area contributed by atoms with Gasteiger partial charge >= 0.3 is 5.76 Å². The second-order valence-corrected chi connectivity index (χ2v) is 4.48. The zero-order chi connectivity index (χ0) is 12.7. The summed E-state index contributed by atoms with van der Waals surface area (Å²) in [7, 11) is 1.63. The normalized spacial score (nSPS) is 16.4. The zero-order valence-corrected chi connectivity index (χ0v) is 10.1. The number of piperazine rings is 1. The van der Waals surface area contributed by atoms with Gasteiger partial charge in [-0.1, -0.05) is 0 Å². The highest BCUT2D eigenvalue weighted by atomic mass is 16.4. The Labute approximate surface area is 103 Å². The third-order valence-corrected chi connectivity index (χ3v) is 3.32. The van der Waals surface area contributed by atoms with Gasteiger partial charge in [-0.2, -0.15) is 0 Å². The molecule has 1 aliphatic heterocycles. The van der Waals surface area contributed by atoms with Gasteiger partial charge in [0.05, 0.1) is 11.2 Å². The quantitative estimate of drug-likeness (QED) is 0.758. The molecule has 6 heteroatoms. The Morgan fingerprint density at radius 3 is 2.78 bits per heavy atom. The van der Waals surface area contributed by atoms with Gasteiger partial charge in [-0.15, -0.1) is 0 Å². The number of benzene rings is 1. The predicted octanol–water partition coefficient (Wildman–Crippen LogP) is 0.247. The summed E-state index contributed by atoms with van der Waals surface area (Å²) < 4.78 is 6.68. The molecular weight excluding hydrogens is 234 g/mol. The number of hydrogen-bond donors (Lipinski definition) is 2. The van der Waals surface area contributed by atoms with Crippen LogP contribution in [0.2, 0.25) is 0 Å². The van der Waals surface area contributed by atoms with E-state index in [0.29, 0.717) is 11.1 Å². The Hall–Kier alpha value is -1.95. The number of oxazole rings is 1. The van der Waals surface area contributed by atoms with E-state index in [9.17, 15) is 9.90 Å². The minimum absolute atomic E-state index is 0.146. The van der Waals surface area contributed by atoms with Crippen LogP contribution in [0.5, 0.6) is 5.75 Å². The van der Waals surface area contributed by atoms with Crippen LogP contribution in [0, 0.1) is 0 Å². The van der Waals surface area contributed by atoms with E-state index in [4.69, 9.17) is 4.42 Å². The maximum absolute atomic E-state index is 11.6. The van der Waals surface area contributed by atoms with E-state index in [1.165, 1.54) is 4.57 Å². The number of hydrogen-bond acceptors (Lipinski definition) is 5. The second kappa shape index (κ2) is 4.06. The summed E-state index contributed by atoms with van der Waals surface area (Å²) in [5.41, 5.74) is 1.94. The van der Waals surface area contributed by atoms with Crippen molar-refractivity contribution in [3.63, 3.8) is 0 Å². The monoisotopic (exact) mass is 249 g/mol. The van der Waals surface area contributed by atoms with Crippen LogP contribution in [0.15, 0.2) is 21.3 Å². The Bertz CT molecular complexity index is 638. The fourth-order valence-corrected chi connectivity index (χ4v) is 2.33. The molecule has 0 amide bonds. The standard InChI is InChI=1S/C12H15N3O3/c1-14-9-6-8(16)7-10(11(9)18-12(14)17)15-4-2-13-3-5-15/h6-7,13,16H,2-5H2,1H3. The first kappa shape index (κ1) is 11.2. The van der Waals surface area contributed by atoms with Crippen LogP contribution in [0.3, 0.4) is 0 Å². The molecular formula is C12H15N3O3. The molecule has 1 fully saturated rings. The van der Waals surface area contributed by atoms with E-state index >= 15 is 0 Å². The van der Waals surface area contributed by atoms with Crippen molar-refractivity contribution in [2.75, 3.05) is 31.1 Å². The minimum Gasteiger partial charge on any atom is -0.508 e. The van der Waals surface area contributed by atoms with Crippen molar-refractivity contribution in [2.45, 2.75) is 0 Å². The minimum atomic E-state index is -0.410. The first-order valence-electron chi connectivity index (χ1n) is 5.95. The number of phenolic OH excluding ortho intramolecular Hbond substituents is 1. The van der Waals surface area contributed by atoms with Crippen LogP contribution in [-0.2, 0) is 7.05 Å². The summed E-state index contributed by atoms with van der Waals surface area (Å²) in [6.07, 6.45) is 0. The molecule has 0 radical (unpaired) electrons. The summed E-state index contributed by atoms with van der Waals surface area (Å²) in [6.45, 7) is 3.43. The van der Waals surface area contributed by atoms with Crippen LogP contribution in [0.4, 0.5) is 5.69 Å². The van der Waals surface area contributed by atoms with Gasteiger partial charge in [-0.25, -0.2) is 4.79 Å². The summed E-state index contributed by atoms with van der Waals surface area (Å²) >= 11 is 0. The fourth-order valence-electron chi connectivity index (χ4n) is 2.33. The molecule has 0 spiro atoms. The molecule has 0 aliphatic carbocycles. The van der Waals surface area contributed by atoms with E-state index in [2.05, 4.69) is 10.2 Å². The number of phenols is 1. The van der Waals surface area contributed by atoms with Gasteiger partial charge < -0.3 is 19.7 Å². The largest absolute Gasteiger partial charge is 0.508 e. The highest BCUT2D eigenvalue weighted by Crippen LogP contribution is 2.31. The maximum Gasteiger partial charge on any atom is 0.419 e. The van der Waals surface area contributed by atoms with Gasteiger partial charge in [-0.3, -0.25) is 4.57 Å². The molecule has 6 nitrogen and oxygen atoms in total. The lowest BCUT2D eigenvalue weighted by Gasteiger charge is -2.29. The summed E-state index contributed by atoms with van der Waals surface area (Å²) in [6, 6.07) is 3.20. The third kappa shape index (κ3) is 1.65. The molecule has 2 aromatic rings. The van der Waals surface area contributed by atoms with Gasteiger partial charge in [0.1, 0.15) is 5.75 Å². The fraction of sp³-hybridized carbons (Fsp3) is 0.417. The van der Waals surface area contributed by atoms with E-state index < -0.39 is 5.76 Å². The molecule has 96 valence electrons. The van der Waals surface area contributed by atoms with Crippen molar-refractivity contribution in [2.24, 2.45) is 7.05 Å². The van der Waals surface area contributed by atoms with Gasteiger partial charge in [-0.05, 0) is 0 Å². The van der Waals surface area contributed by atoms with E-state index in [-0.39, 0.29) is 5.75 Å². The molecule has 18 heavy (non-hydrogen) atoms. The number of aromatic hydroxyl groups is 1. The average Bonchev–Trinajstić information content (AvgIpc) is 2.66. The maximum atomic E-state index is 11.6. The van der Waals surface area contributed by atoms with Gasteiger partial charge in [0, 0.05) is 45.4 Å². The first-order chi connectivity index (χ1) is 8.66. The lowest BCUT2D eigenvalue weighted by molar-refractivity contribution is 0.475. The zero-order valence-electron chi connectivity index (χ0n) is 10.1. The summed E-state index contributed by atoms with van der Waals surface area (Å²) in [5, 5.41) is 13.0. The van der Waals surface area contributed by atoms with Crippen LogP contribution in [-0.4, -0.2) is 35.9 Å². The molecule has 1 aromatic carbocycles. The number of aryl methyl sites for hydroxylation is 1. The van der Waals surface area contributed by atoms with Crippen molar-refractivity contribution in [1.82, 2.24) is 9.88 Å². The average molecular weight is 249 g/mol. The Morgan fingerprint density at radius 2 is 2.06 bits per heavy atom. The predicted molar refractivity (Wildman–Crippen MR) is 68.2 cm³/mol. The number of rotatable bonds is 1. The molecule has 0 unspecified atom stereocenters. The van der Waals surface area contributed by atoms with E-state index in [0.717, 1.165) is 31.9 Å². The Balaban J connectivity index is 2.21. The van der Waals surface area contributed by atoms with Gasteiger partial charge in [0.25, 0.3) is 0 Å². The number of fused-ring (bicyclic) bond motifs is 1. The number of aromatic nitrogens is 1. The smallest absolute Gasteiger partial charge is 0.419 e. The SMILES string of the molecule is Cn1c(=O)oc2c(N3CCNCC3)cc(O)cc21. The van der Waals surface area contributed by atoms with Crippen molar-refractivity contribution in [3.05, 3.63) is 22.7 Å². The molecule has 0 bridgehead atoms. The molecule has 2 heterocycles. The molecule has 3 rings (SSSR count). The van der Waals surface area contributed by atoms with E-state index in [1.807, 2.05) is 0 Å². The molecule has 1 aliphatic rings. The van der Waals surface area contributed by atoms with Crippen LogP contribution in [0.25, 0.3) is 11.1 Å². The second-order valence-electron chi connectivity index (χ2n) is 4.48. The van der Waals surface area contributed by atoms with Crippen molar-refractivity contribution in [3.8, 4) is 5.75 Å². The molecule has 0 atom stereocenters. The molecule has 2 N–H and O–H groups in total. The molecule has 1 saturated heterocycles. The third-order valence-electron chi connectivity index (χ3n) is 3.32. The highest BCUT2D eigenvalue weighted by Gasteiger charge is 2.18. The van der Waals surface area contributed by atoms with Gasteiger partial charge in [0.2, 0.25) is 0 Å². The molecule has 1 aromatic heterocycles. The number of anilines is 1. The number of nitrogens with zero attached hydrogens (tertiary/aromatic N) is 2. The summed E-state index contributed by atoms with van der Waals surface area (Å²) in [4.78, 5) is 13.7. The van der Waals surface area contributed by atoms with E-state index in [1.54, 1.807) is 19.2 Å². The van der Waals surface area contributed by atoms with Crippen LogP contribution in [0.1, 0.15) is 0 Å². The highest BCUT2D eigenvalue weighted by molar-refractivity contribution is 5.88. The Morgan fingerprint density at radius 1 is 1.33 bits per heavy atom. The first-order valence-corrected chi connectivity index (χ1v) is 5.95. The van der Waals surface area contributed by atoms with Crippen LogP contribution >= 0.6 is 0 Å².